The van der Waals surface area contributed by atoms with E-state index < -0.39 is 6.04 Å². The first-order valence-corrected chi connectivity index (χ1v) is 7.80. The van der Waals surface area contributed by atoms with Gasteiger partial charge in [-0.25, -0.2) is 4.39 Å². The highest BCUT2D eigenvalue weighted by atomic mass is 19.1. The molecule has 2 rings (SSSR count). The predicted octanol–water partition coefficient (Wildman–Crippen LogP) is 2.53. The molecule has 2 aromatic carbocycles. The van der Waals surface area contributed by atoms with Crippen molar-refractivity contribution in [2.24, 2.45) is 0 Å². The second-order valence-corrected chi connectivity index (χ2v) is 5.60. The van der Waals surface area contributed by atoms with E-state index >= 15 is 0 Å². The Balaban J connectivity index is 2.19. The van der Waals surface area contributed by atoms with Crippen molar-refractivity contribution in [2.45, 2.75) is 25.9 Å². The summed E-state index contributed by atoms with van der Waals surface area (Å²) in [5.74, 6) is -0.722. The van der Waals surface area contributed by atoms with Crippen molar-refractivity contribution < 1.29 is 14.0 Å². The Hall–Kier alpha value is -2.69. The van der Waals surface area contributed by atoms with Crippen LogP contribution in [0.5, 0.6) is 0 Å². The number of nitrogens with zero attached hydrogens (tertiary/aromatic N) is 1. The molecule has 0 fully saturated rings. The summed E-state index contributed by atoms with van der Waals surface area (Å²) < 4.78 is 13.1. The summed E-state index contributed by atoms with van der Waals surface area (Å²) in [7, 11) is 1.54. The van der Waals surface area contributed by atoms with E-state index in [4.69, 9.17) is 0 Å². The summed E-state index contributed by atoms with van der Waals surface area (Å²) in [6.07, 6.45) is 0.212. The zero-order valence-corrected chi connectivity index (χ0v) is 13.8. The minimum atomic E-state index is -0.615. The van der Waals surface area contributed by atoms with Crippen LogP contribution in [-0.2, 0) is 22.6 Å². The number of carbonyl (C=O) groups is 2. The van der Waals surface area contributed by atoms with Gasteiger partial charge in [-0.05, 0) is 30.2 Å². The molecule has 1 atom stereocenters. The molecule has 0 bridgehead atoms. The van der Waals surface area contributed by atoms with Crippen molar-refractivity contribution >= 4 is 11.8 Å². The smallest absolute Gasteiger partial charge is 0.242 e. The first-order chi connectivity index (χ1) is 11.5. The van der Waals surface area contributed by atoms with Crippen LogP contribution in [0.2, 0.25) is 0 Å². The van der Waals surface area contributed by atoms with Gasteiger partial charge in [0, 0.05) is 13.6 Å². The molecular formula is C19H21FN2O2. The number of nitrogens with one attached hydrogen (secondary N) is 1. The molecule has 0 aliphatic heterocycles. The molecule has 0 saturated heterocycles. The van der Waals surface area contributed by atoms with Crippen molar-refractivity contribution in [3.05, 3.63) is 71.5 Å². The highest BCUT2D eigenvalue weighted by Gasteiger charge is 2.25. The van der Waals surface area contributed by atoms with Crippen LogP contribution in [0.3, 0.4) is 0 Å². The Kier molecular flexibility index (Phi) is 6.07. The van der Waals surface area contributed by atoms with Crippen LogP contribution in [0.1, 0.15) is 18.1 Å². The van der Waals surface area contributed by atoms with Gasteiger partial charge < -0.3 is 10.2 Å². The van der Waals surface area contributed by atoms with E-state index in [1.807, 2.05) is 30.3 Å². The maximum atomic E-state index is 13.1. The molecule has 0 spiro atoms. The van der Waals surface area contributed by atoms with Crippen LogP contribution in [0.15, 0.2) is 54.6 Å². The molecule has 0 radical (unpaired) electrons. The number of likely N-dealkylation sites (N-methyl/N-ethyl adjacent to an activating group) is 1. The molecule has 0 unspecified atom stereocenters. The molecular weight excluding hydrogens is 307 g/mol. The van der Waals surface area contributed by atoms with Crippen LogP contribution in [0, 0.1) is 5.82 Å². The molecule has 1 N–H and O–H groups in total. The fourth-order valence-corrected chi connectivity index (χ4v) is 2.45. The Labute approximate surface area is 141 Å². The highest BCUT2D eigenvalue weighted by Crippen LogP contribution is 2.13. The summed E-state index contributed by atoms with van der Waals surface area (Å²) in [4.78, 5) is 26.2. The van der Waals surface area contributed by atoms with Gasteiger partial charge in [0.25, 0.3) is 0 Å². The Morgan fingerprint density at radius 2 is 1.67 bits per heavy atom. The normalized spacial score (nSPS) is 11.6. The molecule has 0 aliphatic carbocycles. The fourth-order valence-electron chi connectivity index (χ4n) is 2.45. The van der Waals surface area contributed by atoms with Gasteiger partial charge in [-0.1, -0.05) is 42.5 Å². The van der Waals surface area contributed by atoms with Crippen LogP contribution >= 0.6 is 0 Å². The van der Waals surface area contributed by atoms with Crippen LogP contribution < -0.4 is 5.32 Å². The minimum Gasteiger partial charge on any atom is -0.357 e. The molecule has 0 aromatic heterocycles. The van der Waals surface area contributed by atoms with Gasteiger partial charge >= 0.3 is 0 Å². The third-order valence-corrected chi connectivity index (χ3v) is 3.88. The summed E-state index contributed by atoms with van der Waals surface area (Å²) in [6, 6.07) is 14.7. The lowest BCUT2D eigenvalue weighted by Crippen LogP contribution is -2.47. The summed E-state index contributed by atoms with van der Waals surface area (Å²) in [5.41, 5.74) is 1.66. The molecule has 126 valence electrons. The number of hydrogen-bond acceptors (Lipinski definition) is 2. The van der Waals surface area contributed by atoms with Crippen LogP contribution in [-0.4, -0.2) is 29.8 Å². The number of benzene rings is 2. The Morgan fingerprint density at radius 3 is 2.25 bits per heavy atom. The van der Waals surface area contributed by atoms with Crippen molar-refractivity contribution in [3.63, 3.8) is 0 Å². The lowest BCUT2D eigenvalue weighted by molar-refractivity contribution is -0.139. The highest BCUT2D eigenvalue weighted by molar-refractivity contribution is 5.88. The monoisotopic (exact) mass is 328 g/mol. The zero-order chi connectivity index (χ0) is 17.5. The maximum Gasteiger partial charge on any atom is 0.242 e. The number of amides is 2. The maximum absolute atomic E-state index is 13.1. The lowest BCUT2D eigenvalue weighted by atomic mass is 10.1. The van der Waals surface area contributed by atoms with Gasteiger partial charge in [0.1, 0.15) is 11.9 Å². The van der Waals surface area contributed by atoms with Gasteiger partial charge in [-0.2, -0.15) is 0 Å². The van der Waals surface area contributed by atoms with E-state index in [0.717, 1.165) is 11.1 Å². The SMILES string of the molecule is CNC(=O)[C@H](C)N(Cc1ccc(F)cc1)C(=O)Cc1ccccc1. The van der Waals surface area contributed by atoms with Gasteiger partial charge in [0.2, 0.25) is 11.8 Å². The molecule has 2 aromatic rings. The zero-order valence-electron chi connectivity index (χ0n) is 13.8. The predicted molar refractivity (Wildman–Crippen MR) is 90.6 cm³/mol. The van der Waals surface area contributed by atoms with E-state index in [9.17, 15) is 14.0 Å². The minimum absolute atomic E-state index is 0.151. The molecule has 2 amide bonds. The van der Waals surface area contributed by atoms with Gasteiger partial charge in [0.05, 0.1) is 6.42 Å². The fraction of sp³-hybridized carbons (Fsp3) is 0.263. The summed E-state index contributed by atoms with van der Waals surface area (Å²) in [6.45, 7) is 1.94. The summed E-state index contributed by atoms with van der Waals surface area (Å²) in [5, 5.41) is 2.57. The molecule has 24 heavy (non-hydrogen) atoms. The lowest BCUT2D eigenvalue weighted by Gasteiger charge is -2.28. The third-order valence-electron chi connectivity index (χ3n) is 3.88. The number of hydrogen-bond donors (Lipinski definition) is 1. The Bertz CT molecular complexity index is 686. The van der Waals surface area contributed by atoms with E-state index in [1.165, 1.54) is 24.1 Å². The quantitative estimate of drug-likeness (QED) is 0.886. The van der Waals surface area contributed by atoms with Crippen molar-refractivity contribution in [2.75, 3.05) is 7.05 Å². The van der Waals surface area contributed by atoms with Gasteiger partial charge in [-0.3, -0.25) is 9.59 Å². The third kappa shape index (κ3) is 4.65. The van der Waals surface area contributed by atoms with Gasteiger partial charge in [-0.15, -0.1) is 0 Å². The van der Waals surface area contributed by atoms with Gasteiger partial charge in [0.15, 0.2) is 0 Å². The van der Waals surface area contributed by atoms with E-state index in [1.54, 1.807) is 19.1 Å². The van der Waals surface area contributed by atoms with Crippen molar-refractivity contribution in [1.82, 2.24) is 10.2 Å². The van der Waals surface area contributed by atoms with E-state index in [0.29, 0.717) is 0 Å². The van der Waals surface area contributed by atoms with E-state index in [-0.39, 0.29) is 30.6 Å². The first kappa shape index (κ1) is 17.7. The average molecular weight is 328 g/mol. The molecule has 0 heterocycles. The average Bonchev–Trinajstić information content (AvgIpc) is 2.60. The van der Waals surface area contributed by atoms with Crippen LogP contribution in [0.4, 0.5) is 4.39 Å². The standard InChI is InChI=1S/C19H21FN2O2/c1-14(19(24)21-2)22(13-16-8-10-17(20)11-9-16)18(23)12-15-6-4-3-5-7-15/h3-11,14H,12-13H2,1-2H3,(H,21,24)/t14-/m0/s1. The molecule has 5 heteroatoms. The molecule has 4 nitrogen and oxygen atoms in total. The number of rotatable bonds is 6. The second-order valence-electron chi connectivity index (χ2n) is 5.60. The second kappa shape index (κ2) is 8.24. The largest absolute Gasteiger partial charge is 0.357 e. The Morgan fingerprint density at radius 1 is 1.04 bits per heavy atom. The first-order valence-electron chi connectivity index (χ1n) is 7.80. The summed E-state index contributed by atoms with van der Waals surface area (Å²) >= 11 is 0. The molecule has 0 aliphatic rings. The number of halogens is 1. The topological polar surface area (TPSA) is 49.4 Å². The van der Waals surface area contributed by atoms with Crippen molar-refractivity contribution in [1.29, 1.82) is 0 Å². The van der Waals surface area contributed by atoms with Crippen LogP contribution in [0.25, 0.3) is 0 Å². The van der Waals surface area contributed by atoms with E-state index in [2.05, 4.69) is 5.32 Å². The van der Waals surface area contributed by atoms with Crippen molar-refractivity contribution in [3.8, 4) is 0 Å². The molecule has 0 saturated carbocycles. The number of carbonyl (C=O) groups excluding carboxylic acids is 2.